The predicted octanol–water partition coefficient (Wildman–Crippen LogP) is 1.36. The number of likely N-dealkylation sites (tertiary alicyclic amines) is 1. The molecule has 0 bridgehead atoms. The number of aliphatic hydroxyl groups is 1. The lowest BCUT2D eigenvalue weighted by atomic mass is 9.85. The summed E-state index contributed by atoms with van der Waals surface area (Å²) in [5.41, 5.74) is 0.817. The van der Waals surface area contributed by atoms with E-state index in [-0.39, 0.29) is 32.1 Å². The van der Waals surface area contributed by atoms with E-state index >= 15 is 0 Å². The van der Waals surface area contributed by atoms with Crippen LogP contribution in [0.4, 0.5) is 4.79 Å². The van der Waals surface area contributed by atoms with Crippen molar-refractivity contribution in [2.75, 3.05) is 27.4 Å². The van der Waals surface area contributed by atoms with Gasteiger partial charge in [-0.05, 0) is 17.9 Å². The van der Waals surface area contributed by atoms with Gasteiger partial charge in [-0.15, -0.1) is 0 Å². The van der Waals surface area contributed by atoms with Gasteiger partial charge in [0.05, 0.1) is 20.6 Å². The van der Waals surface area contributed by atoms with E-state index in [1.54, 1.807) is 0 Å². The highest BCUT2D eigenvalue weighted by Crippen LogP contribution is 2.36. The van der Waals surface area contributed by atoms with Crippen LogP contribution in [-0.2, 0) is 30.4 Å². The van der Waals surface area contributed by atoms with Crippen molar-refractivity contribution in [2.45, 2.75) is 25.5 Å². The summed E-state index contributed by atoms with van der Waals surface area (Å²) in [6, 6.07) is 8.21. The molecule has 27 heavy (non-hydrogen) atoms. The molecule has 1 aromatic rings. The average Bonchev–Trinajstić information content (AvgIpc) is 3.04. The van der Waals surface area contributed by atoms with Crippen molar-refractivity contribution >= 4 is 18.0 Å². The number of nitrogens with zero attached hydrogens (tertiary/aromatic N) is 1. The topological polar surface area (TPSA) is 102 Å². The Labute approximate surface area is 158 Å². The summed E-state index contributed by atoms with van der Waals surface area (Å²) in [4.78, 5) is 38.0. The second-order valence-corrected chi connectivity index (χ2v) is 6.38. The number of rotatable bonds is 7. The lowest BCUT2D eigenvalue weighted by Gasteiger charge is -2.25. The number of amides is 1. The van der Waals surface area contributed by atoms with Crippen molar-refractivity contribution in [1.29, 1.82) is 0 Å². The Hall–Kier alpha value is -2.61. The second kappa shape index (κ2) is 9.91. The van der Waals surface area contributed by atoms with Crippen LogP contribution in [0.3, 0.4) is 0 Å². The maximum absolute atomic E-state index is 12.6. The summed E-state index contributed by atoms with van der Waals surface area (Å²) in [5.74, 6) is -1.87. The van der Waals surface area contributed by atoms with Crippen LogP contribution in [0.2, 0.25) is 0 Å². The van der Waals surface area contributed by atoms with Gasteiger partial charge in [0, 0.05) is 19.1 Å². The minimum atomic E-state index is -0.964. The van der Waals surface area contributed by atoms with Crippen molar-refractivity contribution in [3.63, 3.8) is 0 Å². The molecule has 0 unspecified atom stereocenters. The minimum absolute atomic E-state index is 0.0522. The van der Waals surface area contributed by atoms with Crippen molar-refractivity contribution in [1.82, 2.24) is 4.90 Å². The van der Waals surface area contributed by atoms with Gasteiger partial charge in [0.15, 0.2) is 0 Å². The van der Waals surface area contributed by atoms with Gasteiger partial charge in [-0.2, -0.15) is 0 Å². The first kappa shape index (κ1) is 20.7. The zero-order valence-corrected chi connectivity index (χ0v) is 15.5. The number of ether oxygens (including phenoxy) is 3. The highest BCUT2D eigenvalue weighted by Gasteiger charge is 2.49. The van der Waals surface area contributed by atoms with Gasteiger partial charge in [-0.3, -0.25) is 9.69 Å². The van der Waals surface area contributed by atoms with E-state index in [0.29, 0.717) is 6.42 Å². The molecule has 0 aliphatic carbocycles. The van der Waals surface area contributed by atoms with Gasteiger partial charge in [-0.25, -0.2) is 9.59 Å². The zero-order chi connectivity index (χ0) is 19.8. The van der Waals surface area contributed by atoms with Gasteiger partial charge in [0.1, 0.15) is 12.6 Å². The molecular formula is C19H25NO7. The summed E-state index contributed by atoms with van der Waals surface area (Å²) in [5, 5.41) is 9.33. The Balaban J connectivity index is 2.17. The van der Waals surface area contributed by atoms with Gasteiger partial charge in [0.2, 0.25) is 0 Å². The van der Waals surface area contributed by atoms with E-state index in [1.165, 1.54) is 19.1 Å². The van der Waals surface area contributed by atoms with Crippen LogP contribution in [0.5, 0.6) is 0 Å². The molecule has 1 amide bonds. The summed E-state index contributed by atoms with van der Waals surface area (Å²) < 4.78 is 14.9. The second-order valence-electron chi connectivity index (χ2n) is 6.38. The van der Waals surface area contributed by atoms with Crippen LogP contribution in [-0.4, -0.2) is 61.5 Å². The van der Waals surface area contributed by atoms with E-state index in [1.807, 2.05) is 30.3 Å². The van der Waals surface area contributed by atoms with Crippen molar-refractivity contribution in [3.8, 4) is 0 Å². The molecule has 1 aromatic carbocycles. The number of carbonyl (C=O) groups excluding carboxylic acids is 3. The van der Waals surface area contributed by atoms with E-state index in [0.717, 1.165) is 5.56 Å². The quantitative estimate of drug-likeness (QED) is 0.564. The van der Waals surface area contributed by atoms with Gasteiger partial charge < -0.3 is 19.3 Å². The molecular weight excluding hydrogens is 354 g/mol. The molecule has 148 valence electrons. The molecule has 1 aliphatic rings. The normalized spacial score (nSPS) is 21.6. The van der Waals surface area contributed by atoms with Crippen LogP contribution < -0.4 is 0 Å². The predicted molar refractivity (Wildman–Crippen MR) is 94.5 cm³/mol. The monoisotopic (exact) mass is 379 g/mol. The number of methoxy groups -OCH3 is 2. The first-order valence-electron chi connectivity index (χ1n) is 8.74. The fourth-order valence-electron chi connectivity index (χ4n) is 3.43. The molecule has 8 heteroatoms. The highest BCUT2D eigenvalue weighted by molar-refractivity contribution is 5.83. The molecule has 1 fully saturated rings. The lowest BCUT2D eigenvalue weighted by molar-refractivity contribution is -0.148. The van der Waals surface area contributed by atoms with Crippen molar-refractivity contribution in [2.24, 2.45) is 11.8 Å². The SMILES string of the molecule is COC(=O)C[C@H]1[C@@H](CCO)CN(C(=O)OCc2ccccc2)[C@H]1C(=O)OC. The molecule has 0 aromatic heterocycles. The molecule has 2 rings (SSSR count). The van der Waals surface area contributed by atoms with E-state index < -0.39 is 30.0 Å². The molecule has 0 saturated carbocycles. The van der Waals surface area contributed by atoms with E-state index in [4.69, 9.17) is 14.2 Å². The molecule has 1 heterocycles. The molecule has 0 spiro atoms. The Morgan fingerprint density at radius 1 is 1.15 bits per heavy atom. The van der Waals surface area contributed by atoms with Crippen LogP contribution >= 0.6 is 0 Å². The molecule has 0 radical (unpaired) electrons. The average molecular weight is 379 g/mol. The summed E-state index contributed by atoms with van der Waals surface area (Å²) in [6.45, 7) is 0.134. The fourth-order valence-corrected chi connectivity index (χ4v) is 3.43. The first-order valence-corrected chi connectivity index (χ1v) is 8.74. The van der Waals surface area contributed by atoms with Crippen LogP contribution in [0.25, 0.3) is 0 Å². The minimum Gasteiger partial charge on any atom is -0.469 e. The number of aliphatic hydroxyl groups excluding tert-OH is 1. The van der Waals surface area contributed by atoms with Gasteiger partial charge in [0.25, 0.3) is 0 Å². The molecule has 3 atom stereocenters. The summed E-state index contributed by atoms with van der Waals surface area (Å²) in [6.07, 6.45) is -0.370. The van der Waals surface area contributed by atoms with Crippen molar-refractivity contribution < 1.29 is 33.7 Å². The summed E-state index contributed by atoms with van der Waals surface area (Å²) in [7, 11) is 2.49. The Bertz CT molecular complexity index is 649. The largest absolute Gasteiger partial charge is 0.469 e. The number of hydrogen-bond donors (Lipinski definition) is 1. The Morgan fingerprint density at radius 2 is 1.85 bits per heavy atom. The fraction of sp³-hybridized carbons (Fsp3) is 0.526. The maximum atomic E-state index is 12.6. The standard InChI is InChI=1S/C19H25NO7/c1-25-16(22)10-15-14(8-9-21)11-20(17(15)18(23)26-2)19(24)27-12-13-6-4-3-5-7-13/h3-7,14-15,17,21H,8-12H2,1-2H3/t14-,15-,17+/m0/s1. The highest BCUT2D eigenvalue weighted by atomic mass is 16.6. The molecule has 8 nitrogen and oxygen atoms in total. The maximum Gasteiger partial charge on any atom is 0.410 e. The smallest absolute Gasteiger partial charge is 0.410 e. The molecule has 1 N–H and O–H groups in total. The third-order valence-corrected chi connectivity index (χ3v) is 4.79. The number of hydrogen-bond acceptors (Lipinski definition) is 7. The van der Waals surface area contributed by atoms with E-state index in [2.05, 4.69) is 0 Å². The number of carbonyl (C=O) groups is 3. The first-order chi connectivity index (χ1) is 13.0. The molecule has 1 saturated heterocycles. The van der Waals surface area contributed by atoms with Gasteiger partial charge >= 0.3 is 18.0 Å². The van der Waals surface area contributed by atoms with Crippen molar-refractivity contribution in [3.05, 3.63) is 35.9 Å². The number of benzene rings is 1. The summed E-state index contributed by atoms with van der Waals surface area (Å²) >= 11 is 0. The van der Waals surface area contributed by atoms with Crippen LogP contribution in [0.1, 0.15) is 18.4 Å². The third kappa shape index (κ3) is 5.19. The Kier molecular flexibility index (Phi) is 7.60. The van der Waals surface area contributed by atoms with E-state index in [9.17, 15) is 19.5 Å². The Morgan fingerprint density at radius 3 is 2.44 bits per heavy atom. The van der Waals surface area contributed by atoms with Crippen LogP contribution in [0.15, 0.2) is 30.3 Å². The third-order valence-electron chi connectivity index (χ3n) is 4.79. The van der Waals surface area contributed by atoms with Gasteiger partial charge in [-0.1, -0.05) is 30.3 Å². The zero-order valence-electron chi connectivity index (χ0n) is 15.5. The van der Waals surface area contributed by atoms with Crippen LogP contribution in [0, 0.1) is 11.8 Å². The molecule has 1 aliphatic heterocycles. The number of esters is 2. The lowest BCUT2D eigenvalue weighted by Crippen LogP contribution is -2.44.